The smallest absolute Gasteiger partial charge is 0.336 e. The highest BCUT2D eigenvalue weighted by Crippen LogP contribution is 2.33. The summed E-state index contributed by atoms with van der Waals surface area (Å²) in [5.74, 6) is -0.962. The first-order valence-electron chi connectivity index (χ1n) is 7.57. The number of ether oxygens (including phenoxy) is 1. The van der Waals surface area contributed by atoms with Crippen molar-refractivity contribution in [2.45, 2.75) is 0 Å². The van der Waals surface area contributed by atoms with Crippen LogP contribution in [0.3, 0.4) is 0 Å². The molecule has 0 aliphatic heterocycles. The monoisotopic (exact) mass is 371 g/mol. The number of fused-ring (bicyclic) bond motifs is 2. The van der Waals surface area contributed by atoms with Crippen LogP contribution in [0.25, 0.3) is 33.3 Å². The molecule has 5 nitrogen and oxygen atoms in total. The third-order valence-electron chi connectivity index (χ3n) is 4.04. The molecule has 130 valence electrons. The van der Waals surface area contributed by atoms with Crippen molar-refractivity contribution in [1.82, 2.24) is 4.98 Å². The number of aromatic nitrogens is 1. The van der Waals surface area contributed by atoms with Gasteiger partial charge in [0.05, 0.1) is 12.7 Å². The zero-order valence-corrected chi connectivity index (χ0v) is 14.2. The average Bonchev–Trinajstić information content (AvgIpc) is 3.03. The first-order chi connectivity index (χ1) is 12.5. The van der Waals surface area contributed by atoms with E-state index in [1.165, 1.54) is 12.1 Å². The highest BCUT2D eigenvalue weighted by atomic mass is 35.5. The zero-order valence-electron chi connectivity index (χ0n) is 13.4. The molecule has 0 unspecified atom stereocenters. The Morgan fingerprint density at radius 3 is 2.77 bits per heavy atom. The molecule has 4 rings (SSSR count). The Morgan fingerprint density at radius 2 is 2.04 bits per heavy atom. The van der Waals surface area contributed by atoms with Crippen molar-refractivity contribution in [2.75, 3.05) is 7.11 Å². The maximum Gasteiger partial charge on any atom is 0.336 e. The molecule has 1 N–H and O–H groups in total. The Bertz CT molecular complexity index is 1190. The van der Waals surface area contributed by atoms with Gasteiger partial charge in [0.2, 0.25) is 0 Å². The minimum Gasteiger partial charge on any atom is -0.497 e. The van der Waals surface area contributed by atoms with E-state index in [0.29, 0.717) is 17.1 Å². The molecular weight excluding hydrogens is 361 g/mol. The molecule has 0 fully saturated rings. The lowest BCUT2D eigenvalue weighted by molar-refractivity contribution is 0.0699. The molecule has 0 atom stereocenters. The number of methoxy groups -OCH3 is 1. The van der Waals surface area contributed by atoms with Crippen LogP contribution in [-0.4, -0.2) is 23.2 Å². The maximum absolute atomic E-state index is 14.3. The number of carboxylic acids is 1. The number of hydrogen-bond donors (Lipinski definition) is 1. The predicted molar refractivity (Wildman–Crippen MR) is 95.4 cm³/mol. The number of rotatable bonds is 3. The highest BCUT2D eigenvalue weighted by Gasteiger charge is 2.18. The number of carbonyl (C=O) groups is 1. The summed E-state index contributed by atoms with van der Waals surface area (Å²) >= 11 is 5.85. The number of pyridine rings is 1. The third-order valence-corrected chi connectivity index (χ3v) is 4.26. The summed E-state index contributed by atoms with van der Waals surface area (Å²) in [5, 5.41) is 10.5. The molecule has 2 aromatic carbocycles. The molecule has 2 aromatic heterocycles. The summed E-state index contributed by atoms with van der Waals surface area (Å²) in [7, 11) is 1.54. The van der Waals surface area contributed by atoms with Gasteiger partial charge in [0, 0.05) is 21.9 Å². The van der Waals surface area contributed by atoms with Crippen molar-refractivity contribution < 1.29 is 23.4 Å². The number of furan rings is 1. The van der Waals surface area contributed by atoms with Crippen LogP contribution in [0.2, 0.25) is 5.02 Å². The molecule has 0 saturated heterocycles. The third kappa shape index (κ3) is 2.64. The van der Waals surface area contributed by atoms with E-state index in [-0.39, 0.29) is 27.2 Å². The number of hydrogen-bond acceptors (Lipinski definition) is 4. The van der Waals surface area contributed by atoms with E-state index in [2.05, 4.69) is 4.98 Å². The van der Waals surface area contributed by atoms with Gasteiger partial charge in [-0.1, -0.05) is 11.6 Å². The quantitative estimate of drug-likeness (QED) is 0.539. The summed E-state index contributed by atoms with van der Waals surface area (Å²) in [6.45, 7) is 0. The number of halogens is 2. The molecule has 0 saturated carbocycles. The number of benzene rings is 2. The summed E-state index contributed by atoms with van der Waals surface area (Å²) in [6, 6.07) is 10.8. The first-order valence-corrected chi connectivity index (χ1v) is 7.95. The van der Waals surface area contributed by atoms with Gasteiger partial charge >= 0.3 is 5.97 Å². The van der Waals surface area contributed by atoms with Gasteiger partial charge in [0.25, 0.3) is 0 Å². The maximum atomic E-state index is 14.3. The van der Waals surface area contributed by atoms with E-state index in [0.717, 1.165) is 11.5 Å². The second kappa shape index (κ2) is 6.00. The number of nitrogens with zero attached hydrogens (tertiary/aromatic N) is 1. The van der Waals surface area contributed by atoms with Gasteiger partial charge in [-0.15, -0.1) is 0 Å². The Balaban J connectivity index is 1.98. The van der Waals surface area contributed by atoms with Crippen molar-refractivity contribution in [1.29, 1.82) is 0 Å². The lowest BCUT2D eigenvalue weighted by Crippen LogP contribution is -2.01. The Morgan fingerprint density at radius 1 is 1.23 bits per heavy atom. The van der Waals surface area contributed by atoms with Gasteiger partial charge < -0.3 is 14.3 Å². The van der Waals surface area contributed by atoms with Crippen molar-refractivity contribution in [3.05, 3.63) is 58.9 Å². The molecular formula is C19H11ClFNO4. The molecule has 4 aromatic rings. The minimum absolute atomic E-state index is 0.0812. The number of aromatic carboxylic acids is 1. The van der Waals surface area contributed by atoms with Crippen LogP contribution >= 0.6 is 11.6 Å². The summed E-state index contributed by atoms with van der Waals surface area (Å²) in [6.07, 6.45) is 0. The fraction of sp³-hybridized carbons (Fsp3) is 0.0526. The van der Waals surface area contributed by atoms with E-state index in [9.17, 15) is 14.3 Å². The van der Waals surface area contributed by atoms with Gasteiger partial charge in [-0.2, -0.15) is 0 Å². The molecule has 2 heterocycles. The Labute approximate surface area is 151 Å². The fourth-order valence-corrected chi connectivity index (χ4v) is 3.02. The topological polar surface area (TPSA) is 72.6 Å². The fourth-order valence-electron chi connectivity index (χ4n) is 2.82. The van der Waals surface area contributed by atoms with Crippen LogP contribution in [0.5, 0.6) is 5.75 Å². The van der Waals surface area contributed by atoms with Gasteiger partial charge in [0.15, 0.2) is 11.6 Å². The lowest BCUT2D eigenvalue weighted by atomic mass is 10.1. The van der Waals surface area contributed by atoms with Gasteiger partial charge in [-0.05, 0) is 36.4 Å². The van der Waals surface area contributed by atoms with E-state index in [4.69, 9.17) is 20.8 Å². The van der Waals surface area contributed by atoms with Crippen LogP contribution in [0.1, 0.15) is 10.4 Å². The molecule has 0 amide bonds. The van der Waals surface area contributed by atoms with E-state index in [1.807, 2.05) is 0 Å². The molecule has 0 aliphatic rings. The van der Waals surface area contributed by atoms with Crippen LogP contribution in [0, 0.1) is 5.82 Å². The largest absolute Gasteiger partial charge is 0.497 e. The van der Waals surface area contributed by atoms with Crippen LogP contribution in [-0.2, 0) is 0 Å². The number of carboxylic acid groups (broad SMARTS) is 1. The van der Waals surface area contributed by atoms with Crippen molar-refractivity contribution in [2.24, 2.45) is 0 Å². The standard InChI is InChI=1S/C19H11ClFNO4/c1-25-11-3-2-9-4-17(26-16(9)7-11)15-8-13(19(23)24)12-5-10(20)6-14(21)18(12)22-15/h2-8H,1H3,(H,23,24). The minimum atomic E-state index is -1.21. The molecule has 7 heteroatoms. The molecule has 26 heavy (non-hydrogen) atoms. The molecule has 0 aliphatic carbocycles. The molecule has 0 bridgehead atoms. The summed E-state index contributed by atoms with van der Waals surface area (Å²) in [5.41, 5.74) is 0.577. The molecule has 0 radical (unpaired) electrons. The van der Waals surface area contributed by atoms with Crippen molar-refractivity contribution in [3.8, 4) is 17.2 Å². The highest BCUT2D eigenvalue weighted by molar-refractivity contribution is 6.31. The van der Waals surface area contributed by atoms with Gasteiger partial charge in [-0.25, -0.2) is 14.2 Å². The second-order valence-corrected chi connectivity index (χ2v) is 6.09. The SMILES string of the molecule is COc1ccc2cc(-c3cc(C(=O)O)c4cc(Cl)cc(F)c4n3)oc2c1. The Hall–Kier alpha value is -3.12. The lowest BCUT2D eigenvalue weighted by Gasteiger charge is -2.07. The van der Waals surface area contributed by atoms with E-state index >= 15 is 0 Å². The Kier molecular flexibility index (Phi) is 3.77. The normalized spacial score (nSPS) is 11.2. The van der Waals surface area contributed by atoms with Gasteiger partial charge in [0.1, 0.15) is 22.5 Å². The van der Waals surface area contributed by atoms with Crippen molar-refractivity contribution in [3.63, 3.8) is 0 Å². The first kappa shape index (κ1) is 16.4. The summed E-state index contributed by atoms with van der Waals surface area (Å²) in [4.78, 5) is 15.9. The second-order valence-electron chi connectivity index (χ2n) is 5.66. The molecule has 0 spiro atoms. The summed E-state index contributed by atoms with van der Waals surface area (Å²) < 4.78 is 25.2. The van der Waals surface area contributed by atoms with E-state index in [1.54, 1.807) is 31.4 Å². The average molecular weight is 372 g/mol. The van der Waals surface area contributed by atoms with Crippen LogP contribution in [0.15, 0.2) is 46.9 Å². The zero-order chi connectivity index (χ0) is 18.4. The predicted octanol–water partition coefficient (Wildman–Crippen LogP) is 5.15. The van der Waals surface area contributed by atoms with Crippen molar-refractivity contribution >= 4 is 39.4 Å². The van der Waals surface area contributed by atoms with Gasteiger partial charge in [-0.3, -0.25) is 0 Å². The van der Waals surface area contributed by atoms with E-state index < -0.39 is 11.8 Å². The van der Waals surface area contributed by atoms with Crippen LogP contribution in [0.4, 0.5) is 4.39 Å². The van der Waals surface area contributed by atoms with Crippen LogP contribution < -0.4 is 4.74 Å².